The number of rotatable bonds is 3. The summed E-state index contributed by atoms with van der Waals surface area (Å²) in [7, 11) is 2.11. The molecule has 1 saturated heterocycles. The van der Waals surface area contributed by atoms with Gasteiger partial charge in [-0.15, -0.1) is 0 Å². The molecule has 7 heteroatoms. The van der Waals surface area contributed by atoms with E-state index in [0.717, 1.165) is 28.6 Å². The first-order valence-electron chi connectivity index (χ1n) is 8.45. The van der Waals surface area contributed by atoms with Crippen molar-refractivity contribution in [1.82, 2.24) is 4.90 Å². The monoisotopic (exact) mass is 390 g/mol. The molecule has 1 N–H and O–H groups in total. The van der Waals surface area contributed by atoms with E-state index in [1.165, 1.54) is 11.3 Å². The van der Waals surface area contributed by atoms with E-state index in [9.17, 15) is 9.59 Å². The summed E-state index contributed by atoms with van der Waals surface area (Å²) in [6, 6.07) is 6.21. The highest BCUT2D eigenvalue weighted by molar-refractivity contribution is 8.26. The molecule has 1 aromatic rings. The van der Waals surface area contributed by atoms with Crippen LogP contribution in [-0.2, 0) is 9.59 Å². The number of carboxylic acids is 1. The highest BCUT2D eigenvalue weighted by Crippen LogP contribution is 2.43. The molecule has 1 fully saturated rings. The Morgan fingerprint density at radius 3 is 2.81 bits per heavy atom. The number of carboxylic acid groups (broad SMARTS) is 1. The van der Waals surface area contributed by atoms with Crippen LogP contribution in [-0.4, -0.2) is 45.3 Å². The number of nitrogens with zero attached hydrogens (tertiary/aromatic N) is 2. The van der Waals surface area contributed by atoms with Gasteiger partial charge in [-0.25, -0.2) is 0 Å². The number of benzene rings is 1. The number of fused-ring (bicyclic) bond motifs is 1. The Kier molecular flexibility index (Phi) is 4.88. The number of anilines is 1. The minimum Gasteiger partial charge on any atom is -0.480 e. The Balaban J connectivity index is 1.92. The van der Waals surface area contributed by atoms with Crippen molar-refractivity contribution < 1.29 is 14.7 Å². The molecule has 0 bridgehead atoms. The smallest absolute Gasteiger partial charge is 0.323 e. The van der Waals surface area contributed by atoms with Gasteiger partial charge in [0.15, 0.2) is 0 Å². The van der Waals surface area contributed by atoms with Crippen LogP contribution in [0.5, 0.6) is 0 Å². The molecule has 26 heavy (non-hydrogen) atoms. The summed E-state index contributed by atoms with van der Waals surface area (Å²) in [5, 5.41) is 8.93. The second kappa shape index (κ2) is 6.70. The number of amides is 1. The van der Waals surface area contributed by atoms with E-state index in [1.54, 1.807) is 6.08 Å². The fourth-order valence-electron chi connectivity index (χ4n) is 3.61. The lowest BCUT2D eigenvalue weighted by Crippen LogP contribution is -2.45. The van der Waals surface area contributed by atoms with Gasteiger partial charge in [-0.05, 0) is 55.5 Å². The number of aliphatic carboxylic acids is 1. The van der Waals surface area contributed by atoms with Crippen molar-refractivity contribution in [2.75, 3.05) is 18.5 Å². The summed E-state index contributed by atoms with van der Waals surface area (Å²) in [6.07, 6.45) is 2.86. The Bertz CT molecular complexity index is 832. The molecule has 0 aliphatic carbocycles. The minimum atomic E-state index is -1.07. The number of thioether (sulfide) groups is 1. The second-order valence-corrected chi connectivity index (χ2v) is 9.13. The van der Waals surface area contributed by atoms with Gasteiger partial charge in [-0.3, -0.25) is 14.5 Å². The van der Waals surface area contributed by atoms with Crippen molar-refractivity contribution in [1.29, 1.82) is 0 Å². The molecule has 2 aliphatic rings. The summed E-state index contributed by atoms with van der Waals surface area (Å²) < 4.78 is 0.288. The van der Waals surface area contributed by atoms with Crippen molar-refractivity contribution in [3.63, 3.8) is 0 Å². The molecule has 3 rings (SSSR count). The predicted molar refractivity (Wildman–Crippen MR) is 109 cm³/mol. The topological polar surface area (TPSA) is 60.9 Å². The number of carbonyl (C=O) groups excluding carboxylic acids is 1. The summed E-state index contributed by atoms with van der Waals surface area (Å²) in [5.41, 5.74) is 3.51. The van der Waals surface area contributed by atoms with Gasteiger partial charge in [0.05, 0.1) is 4.91 Å². The van der Waals surface area contributed by atoms with E-state index in [-0.39, 0.29) is 15.8 Å². The van der Waals surface area contributed by atoms with Crippen LogP contribution in [0.25, 0.3) is 6.08 Å². The predicted octanol–water partition coefficient (Wildman–Crippen LogP) is 3.69. The van der Waals surface area contributed by atoms with Crippen LogP contribution in [0.1, 0.15) is 44.2 Å². The third kappa shape index (κ3) is 3.38. The van der Waals surface area contributed by atoms with E-state index in [4.69, 9.17) is 17.3 Å². The molecular weight excluding hydrogens is 368 g/mol. The van der Waals surface area contributed by atoms with E-state index in [1.807, 2.05) is 6.07 Å². The van der Waals surface area contributed by atoms with Gasteiger partial charge in [-0.1, -0.05) is 37.0 Å². The molecular formula is C19H22N2O3S2. The quantitative estimate of drug-likeness (QED) is 0.627. The molecule has 0 radical (unpaired) electrons. The molecule has 2 heterocycles. The molecule has 1 aromatic carbocycles. The molecule has 2 aliphatic heterocycles. The number of carbonyl (C=O) groups is 2. The number of thiocarbonyl (C=S) groups is 1. The van der Waals surface area contributed by atoms with E-state index in [2.05, 4.69) is 44.9 Å². The first-order chi connectivity index (χ1) is 12.1. The normalized spacial score (nSPS) is 23.5. The Morgan fingerprint density at radius 2 is 2.15 bits per heavy atom. The van der Waals surface area contributed by atoms with Gasteiger partial charge >= 0.3 is 5.97 Å². The van der Waals surface area contributed by atoms with Gasteiger partial charge in [0.25, 0.3) is 5.91 Å². The molecule has 1 atom stereocenters. The summed E-state index contributed by atoms with van der Waals surface area (Å²) in [6.45, 7) is 6.31. The maximum Gasteiger partial charge on any atom is 0.323 e. The zero-order chi connectivity index (χ0) is 19.2. The largest absolute Gasteiger partial charge is 0.480 e. The summed E-state index contributed by atoms with van der Waals surface area (Å²) in [5.74, 6) is -0.992. The average molecular weight is 391 g/mol. The molecule has 1 unspecified atom stereocenters. The maximum absolute atomic E-state index is 12.4. The van der Waals surface area contributed by atoms with Crippen LogP contribution in [0, 0.1) is 0 Å². The van der Waals surface area contributed by atoms with Crippen LogP contribution in [0.3, 0.4) is 0 Å². The van der Waals surface area contributed by atoms with Gasteiger partial charge in [0, 0.05) is 18.3 Å². The molecule has 138 valence electrons. The van der Waals surface area contributed by atoms with Crippen molar-refractivity contribution in [2.45, 2.75) is 38.6 Å². The lowest BCUT2D eigenvalue weighted by molar-refractivity contribution is -0.140. The lowest BCUT2D eigenvalue weighted by atomic mass is 9.80. The van der Waals surface area contributed by atoms with E-state index < -0.39 is 12.5 Å². The van der Waals surface area contributed by atoms with Gasteiger partial charge in [-0.2, -0.15) is 0 Å². The third-order valence-corrected chi connectivity index (χ3v) is 6.50. The van der Waals surface area contributed by atoms with Crippen LogP contribution >= 0.6 is 24.0 Å². The Morgan fingerprint density at radius 1 is 1.46 bits per heavy atom. The maximum atomic E-state index is 12.4. The van der Waals surface area contributed by atoms with Crippen LogP contribution < -0.4 is 4.90 Å². The molecule has 5 nitrogen and oxygen atoms in total. The van der Waals surface area contributed by atoms with Crippen molar-refractivity contribution in [3.8, 4) is 0 Å². The Labute approximate surface area is 163 Å². The van der Waals surface area contributed by atoms with E-state index >= 15 is 0 Å². The fraction of sp³-hybridized carbons (Fsp3) is 0.421. The second-order valence-electron chi connectivity index (χ2n) is 7.46. The molecule has 1 amide bonds. The first-order valence-corrected chi connectivity index (χ1v) is 9.67. The standard InChI is InChI=1S/C19H22N2O3S2/c1-11-9-19(2,3)20(4)14-6-5-12(7-13(11)14)8-15-17(24)21(10-16(22)23)18(25)26-15/h5-8,11H,9-10H2,1-4H3,(H,22,23)/b15-8-. The fourth-order valence-corrected chi connectivity index (χ4v) is 4.86. The average Bonchev–Trinajstić information content (AvgIpc) is 2.80. The zero-order valence-corrected chi connectivity index (χ0v) is 16.9. The third-order valence-electron chi connectivity index (χ3n) is 5.12. The lowest BCUT2D eigenvalue weighted by Gasteiger charge is -2.45. The van der Waals surface area contributed by atoms with Crippen molar-refractivity contribution >= 4 is 51.9 Å². The SMILES string of the molecule is CC1CC(C)(C)N(C)c2ccc(/C=C3\SC(=S)N(CC(=O)O)C3=O)cc21. The summed E-state index contributed by atoms with van der Waals surface area (Å²) >= 11 is 6.30. The molecule has 0 spiro atoms. The van der Waals surface area contributed by atoms with Crippen molar-refractivity contribution in [2.24, 2.45) is 0 Å². The Hall–Kier alpha value is -1.86. The zero-order valence-electron chi connectivity index (χ0n) is 15.3. The number of hydrogen-bond acceptors (Lipinski definition) is 5. The van der Waals surface area contributed by atoms with E-state index in [0.29, 0.717) is 10.8 Å². The van der Waals surface area contributed by atoms with Crippen LogP contribution in [0.4, 0.5) is 5.69 Å². The summed E-state index contributed by atoms with van der Waals surface area (Å²) in [4.78, 5) is 27.2. The minimum absolute atomic E-state index is 0.104. The van der Waals surface area contributed by atoms with Crippen LogP contribution in [0.15, 0.2) is 23.1 Å². The van der Waals surface area contributed by atoms with Gasteiger partial charge in [0.1, 0.15) is 10.9 Å². The number of hydrogen-bond donors (Lipinski definition) is 1. The van der Waals surface area contributed by atoms with Crippen LogP contribution in [0.2, 0.25) is 0 Å². The highest BCUT2D eigenvalue weighted by Gasteiger charge is 2.35. The molecule has 0 aromatic heterocycles. The molecule has 0 saturated carbocycles. The van der Waals surface area contributed by atoms with Gasteiger partial charge in [0.2, 0.25) is 0 Å². The first kappa shape index (κ1) is 18.9. The van der Waals surface area contributed by atoms with Crippen molar-refractivity contribution in [3.05, 3.63) is 34.2 Å². The van der Waals surface area contributed by atoms with Gasteiger partial charge < -0.3 is 10.0 Å². The highest BCUT2D eigenvalue weighted by atomic mass is 32.2.